The number of carboxylic acid groups (broad SMARTS) is 1. The molecule has 7 heteroatoms. The zero-order valence-electron chi connectivity index (χ0n) is 12.4. The van der Waals surface area contributed by atoms with Crippen LogP contribution in [0.4, 0.5) is 0 Å². The maximum absolute atomic E-state index is 12.0. The number of carbonyl (C=O) groups is 3. The maximum atomic E-state index is 12.0. The number of carboxylic acids is 1. The van der Waals surface area contributed by atoms with Crippen molar-refractivity contribution in [3.05, 3.63) is 34.9 Å². The molecule has 0 spiro atoms. The van der Waals surface area contributed by atoms with E-state index in [0.717, 1.165) is 0 Å². The van der Waals surface area contributed by atoms with E-state index >= 15 is 0 Å². The molecule has 0 saturated carbocycles. The summed E-state index contributed by atoms with van der Waals surface area (Å²) in [6.07, 6.45) is 0. The first-order valence-electron chi connectivity index (χ1n) is 6.69. The van der Waals surface area contributed by atoms with Crippen LogP contribution in [0.1, 0.15) is 24.2 Å². The van der Waals surface area contributed by atoms with Gasteiger partial charge in [0, 0.05) is 16.6 Å². The summed E-state index contributed by atoms with van der Waals surface area (Å²) in [6, 6.07) is 6.35. The molecule has 1 N–H and O–H groups in total. The molecule has 0 aliphatic rings. The van der Waals surface area contributed by atoms with Gasteiger partial charge in [0.15, 0.2) is 5.78 Å². The van der Waals surface area contributed by atoms with E-state index in [1.54, 1.807) is 38.1 Å². The number of thioether (sulfide) groups is 1. The predicted molar refractivity (Wildman–Crippen MR) is 87.6 cm³/mol. The smallest absolute Gasteiger partial charge is 0.323 e. The highest BCUT2D eigenvalue weighted by molar-refractivity contribution is 8.00. The molecule has 5 nitrogen and oxygen atoms in total. The molecule has 1 aromatic carbocycles. The topological polar surface area (TPSA) is 74.7 Å². The van der Waals surface area contributed by atoms with Gasteiger partial charge in [-0.2, -0.15) is 0 Å². The van der Waals surface area contributed by atoms with Crippen molar-refractivity contribution < 1.29 is 19.5 Å². The van der Waals surface area contributed by atoms with E-state index in [1.807, 2.05) is 0 Å². The molecule has 0 saturated heterocycles. The fourth-order valence-electron chi connectivity index (χ4n) is 1.74. The second-order valence-corrected chi connectivity index (χ2v) is 6.35. The zero-order valence-corrected chi connectivity index (χ0v) is 14.0. The lowest BCUT2D eigenvalue weighted by Crippen LogP contribution is -2.41. The maximum Gasteiger partial charge on any atom is 0.323 e. The summed E-state index contributed by atoms with van der Waals surface area (Å²) in [7, 11) is 0. The first-order chi connectivity index (χ1) is 10.3. The van der Waals surface area contributed by atoms with Crippen LogP contribution in [-0.2, 0) is 9.59 Å². The number of hydrogen-bond donors (Lipinski definition) is 1. The number of nitrogens with zero attached hydrogens (tertiary/aromatic N) is 1. The van der Waals surface area contributed by atoms with Crippen LogP contribution in [0.2, 0.25) is 5.02 Å². The first kappa shape index (κ1) is 18.5. The molecule has 120 valence electrons. The van der Waals surface area contributed by atoms with Gasteiger partial charge in [0.05, 0.1) is 11.5 Å². The number of Topliss-reactive ketones (excluding diaryl/α,β-unsaturated/α-hetero) is 1. The SMILES string of the molecule is CC(C)N(CC(=O)O)C(=O)CSCC(=O)c1ccc(Cl)cc1. The van der Waals surface area contributed by atoms with Gasteiger partial charge in [-0.1, -0.05) is 11.6 Å². The van der Waals surface area contributed by atoms with Gasteiger partial charge in [-0.05, 0) is 38.1 Å². The number of hydrogen-bond acceptors (Lipinski definition) is 4. The Morgan fingerprint density at radius 3 is 2.27 bits per heavy atom. The Morgan fingerprint density at radius 1 is 1.18 bits per heavy atom. The number of amides is 1. The van der Waals surface area contributed by atoms with Gasteiger partial charge in [-0.3, -0.25) is 14.4 Å². The molecule has 0 bridgehead atoms. The van der Waals surface area contributed by atoms with Crippen LogP contribution in [0.15, 0.2) is 24.3 Å². The second-order valence-electron chi connectivity index (χ2n) is 4.93. The van der Waals surface area contributed by atoms with Crippen LogP contribution in [0.5, 0.6) is 0 Å². The Hall–Kier alpha value is -1.53. The lowest BCUT2D eigenvalue weighted by Gasteiger charge is -2.24. The molecule has 1 rings (SSSR count). The monoisotopic (exact) mass is 343 g/mol. The summed E-state index contributed by atoms with van der Waals surface area (Å²) < 4.78 is 0. The normalized spacial score (nSPS) is 10.5. The van der Waals surface area contributed by atoms with Crippen molar-refractivity contribution in [2.24, 2.45) is 0 Å². The minimum absolute atomic E-state index is 0.0742. The van der Waals surface area contributed by atoms with Gasteiger partial charge >= 0.3 is 5.97 Å². The van der Waals surface area contributed by atoms with Gasteiger partial charge < -0.3 is 10.0 Å². The van der Waals surface area contributed by atoms with E-state index in [0.29, 0.717) is 10.6 Å². The molecule has 1 aromatic rings. The average molecular weight is 344 g/mol. The van der Waals surface area contributed by atoms with Crippen molar-refractivity contribution in [1.29, 1.82) is 0 Å². The van der Waals surface area contributed by atoms with Crippen molar-refractivity contribution in [3.8, 4) is 0 Å². The first-order valence-corrected chi connectivity index (χ1v) is 8.22. The molecule has 0 radical (unpaired) electrons. The van der Waals surface area contributed by atoms with Crippen LogP contribution >= 0.6 is 23.4 Å². The van der Waals surface area contributed by atoms with E-state index in [9.17, 15) is 14.4 Å². The summed E-state index contributed by atoms with van der Waals surface area (Å²) in [5.74, 6) is -1.20. The third kappa shape index (κ3) is 6.07. The Kier molecular flexibility index (Phi) is 7.41. The minimum Gasteiger partial charge on any atom is -0.480 e. The molecule has 22 heavy (non-hydrogen) atoms. The molecular formula is C15H18ClNO4S. The summed E-state index contributed by atoms with van der Waals surface area (Å²) in [5.41, 5.74) is 0.538. The fourth-order valence-corrected chi connectivity index (χ4v) is 2.66. The molecule has 0 aromatic heterocycles. The summed E-state index contributed by atoms with van der Waals surface area (Å²) in [6.45, 7) is 3.18. The molecule has 0 aliphatic heterocycles. The third-order valence-corrected chi connectivity index (χ3v) is 4.04. The average Bonchev–Trinajstić information content (AvgIpc) is 2.44. The van der Waals surface area contributed by atoms with E-state index in [4.69, 9.17) is 16.7 Å². The summed E-state index contributed by atoms with van der Waals surface area (Å²) >= 11 is 6.93. The summed E-state index contributed by atoms with van der Waals surface area (Å²) in [4.78, 5) is 36.0. The highest BCUT2D eigenvalue weighted by Gasteiger charge is 2.20. The molecule has 1 amide bonds. The van der Waals surface area contributed by atoms with E-state index in [2.05, 4.69) is 0 Å². The highest BCUT2D eigenvalue weighted by Crippen LogP contribution is 2.13. The Morgan fingerprint density at radius 2 is 1.77 bits per heavy atom. The number of rotatable bonds is 8. The van der Waals surface area contributed by atoms with Crippen LogP contribution in [0.3, 0.4) is 0 Å². The standard InChI is InChI=1S/C15H18ClNO4S/c1-10(2)17(7-15(20)21)14(19)9-22-8-13(18)11-3-5-12(16)6-4-11/h3-6,10H,7-9H2,1-2H3,(H,20,21). The molecule has 0 fully saturated rings. The highest BCUT2D eigenvalue weighted by atomic mass is 35.5. The number of halogens is 1. The Labute approximate surface area is 138 Å². The number of aliphatic carboxylic acids is 1. The van der Waals surface area contributed by atoms with Gasteiger partial charge in [0.25, 0.3) is 0 Å². The number of ketones is 1. The molecule has 0 aliphatic carbocycles. The van der Waals surface area contributed by atoms with Gasteiger partial charge in [-0.15, -0.1) is 11.8 Å². The number of carbonyl (C=O) groups excluding carboxylic acids is 2. The zero-order chi connectivity index (χ0) is 16.7. The van der Waals surface area contributed by atoms with Crippen LogP contribution < -0.4 is 0 Å². The Balaban J connectivity index is 2.48. The van der Waals surface area contributed by atoms with E-state index in [1.165, 1.54) is 16.7 Å². The van der Waals surface area contributed by atoms with Crippen LogP contribution in [-0.4, -0.2) is 51.8 Å². The van der Waals surface area contributed by atoms with E-state index < -0.39 is 5.97 Å². The molecular weight excluding hydrogens is 326 g/mol. The van der Waals surface area contributed by atoms with Gasteiger partial charge in [0.2, 0.25) is 5.91 Å². The van der Waals surface area contributed by atoms with E-state index in [-0.39, 0.29) is 35.8 Å². The van der Waals surface area contributed by atoms with Crippen molar-refractivity contribution in [2.75, 3.05) is 18.1 Å². The molecule has 0 unspecified atom stereocenters. The lowest BCUT2D eigenvalue weighted by atomic mass is 10.1. The van der Waals surface area contributed by atoms with Gasteiger partial charge in [0.1, 0.15) is 6.54 Å². The molecule has 0 atom stereocenters. The fraction of sp³-hybridized carbons (Fsp3) is 0.400. The van der Waals surface area contributed by atoms with Crippen molar-refractivity contribution in [3.63, 3.8) is 0 Å². The quantitative estimate of drug-likeness (QED) is 0.734. The van der Waals surface area contributed by atoms with Crippen molar-refractivity contribution in [2.45, 2.75) is 19.9 Å². The minimum atomic E-state index is -1.05. The van der Waals surface area contributed by atoms with Crippen LogP contribution in [0, 0.1) is 0 Å². The van der Waals surface area contributed by atoms with Gasteiger partial charge in [-0.25, -0.2) is 0 Å². The largest absolute Gasteiger partial charge is 0.480 e. The lowest BCUT2D eigenvalue weighted by molar-refractivity contribution is -0.144. The summed E-state index contributed by atoms with van der Waals surface area (Å²) in [5, 5.41) is 9.36. The predicted octanol–water partition coefficient (Wildman–Crippen LogP) is 2.58. The Bertz CT molecular complexity index is 545. The second kappa shape index (κ2) is 8.80. The molecule has 0 heterocycles. The van der Waals surface area contributed by atoms with Crippen LogP contribution in [0.25, 0.3) is 0 Å². The third-order valence-electron chi connectivity index (χ3n) is 2.87. The van der Waals surface area contributed by atoms with Crippen molar-refractivity contribution >= 4 is 41.0 Å². The van der Waals surface area contributed by atoms with Crippen molar-refractivity contribution in [1.82, 2.24) is 4.90 Å². The number of benzene rings is 1.